The van der Waals surface area contributed by atoms with Crippen LogP contribution in [0.1, 0.15) is 18.5 Å². The SMILES string of the molecule is CC(N)c1ccc(OCC(=O)NCC#N)c(F)c1. The highest BCUT2D eigenvalue weighted by molar-refractivity contribution is 5.77. The van der Waals surface area contributed by atoms with Crippen LogP contribution in [0.4, 0.5) is 4.39 Å². The van der Waals surface area contributed by atoms with Gasteiger partial charge in [0.15, 0.2) is 18.2 Å². The van der Waals surface area contributed by atoms with Gasteiger partial charge in [-0.15, -0.1) is 0 Å². The molecule has 96 valence electrons. The van der Waals surface area contributed by atoms with E-state index in [4.69, 9.17) is 15.7 Å². The first-order valence-electron chi connectivity index (χ1n) is 5.36. The van der Waals surface area contributed by atoms with Crippen molar-refractivity contribution in [1.82, 2.24) is 5.32 Å². The van der Waals surface area contributed by atoms with Gasteiger partial charge in [0.25, 0.3) is 5.91 Å². The molecule has 0 saturated carbocycles. The van der Waals surface area contributed by atoms with Gasteiger partial charge in [0, 0.05) is 6.04 Å². The summed E-state index contributed by atoms with van der Waals surface area (Å²) in [6.07, 6.45) is 0. The molecule has 5 nitrogen and oxygen atoms in total. The highest BCUT2D eigenvalue weighted by Crippen LogP contribution is 2.20. The number of carbonyl (C=O) groups excluding carboxylic acids is 1. The lowest BCUT2D eigenvalue weighted by molar-refractivity contribution is -0.122. The second kappa shape index (κ2) is 6.57. The zero-order valence-electron chi connectivity index (χ0n) is 9.94. The van der Waals surface area contributed by atoms with Crippen LogP contribution in [0.3, 0.4) is 0 Å². The van der Waals surface area contributed by atoms with Gasteiger partial charge in [-0.2, -0.15) is 5.26 Å². The third-order valence-electron chi connectivity index (χ3n) is 2.21. The van der Waals surface area contributed by atoms with Gasteiger partial charge >= 0.3 is 0 Å². The van der Waals surface area contributed by atoms with E-state index in [1.165, 1.54) is 12.1 Å². The number of amides is 1. The summed E-state index contributed by atoms with van der Waals surface area (Å²) >= 11 is 0. The summed E-state index contributed by atoms with van der Waals surface area (Å²) in [4.78, 5) is 11.1. The Hall–Kier alpha value is -2.13. The van der Waals surface area contributed by atoms with Crippen LogP contribution < -0.4 is 15.8 Å². The molecule has 1 amide bonds. The van der Waals surface area contributed by atoms with E-state index in [1.54, 1.807) is 19.1 Å². The number of nitrogens with two attached hydrogens (primary N) is 1. The molecule has 0 aliphatic rings. The van der Waals surface area contributed by atoms with Crippen molar-refractivity contribution in [3.8, 4) is 11.8 Å². The number of nitrogens with zero attached hydrogens (tertiary/aromatic N) is 1. The number of rotatable bonds is 5. The monoisotopic (exact) mass is 251 g/mol. The van der Waals surface area contributed by atoms with E-state index >= 15 is 0 Å². The number of nitriles is 1. The molecule has 18 heavy (non-hydrogen) atoms. The van der Waals surface area contributed by atoms with Crippen LogP contribution in [0.25, 0.3) is 0 Å². The maximum atomic E-state index is 13.5. The molecule has 0 heterocycles. The lowest BCUT2D eigenvalue weighted by atomic mass is 10.1. The number of ether oxygens (including phenoxy) is 1. The minimum atomic E-state index is -0.571. The van der Waals surface area contributed by atoms with Crippen LogP contribution in [0.2, 0.25) is 0 Å². The summed E-state index contributed by atoms with van der Waals surface area (Å²) < 4.78 is 18.5. The molecule has 3 N–H and O–H groups in total. The van der Waals surface area contributed by atoms with E-state index in [1.807, 2.05) is 0 Å². The third kappa shape index (κ3) is 4.03. The molecule has 6 heteroatoms. The summed E-state index contributed by atoms with van der Waals surface area (Å²) in [5.74, 6) is -1.07. The van der Waals surface area contributed by atoms with E-state index < -0.39 is 11.7 Å². The maximum Gasteiger partial charge on any atom is 0.258 e. The first-order valence-corrected chi connectivity index (χ1v) is 5.36. The average molecular weight is 251 g/mol. The maximum absolute atomic E-state index is 13.5. The standard InChI is InChI=1S/C12H14FN3O2/c1-8(15)9-2-3-11(10(13)6-9)18-7-12(17)16-5-4-14/h2-3,6,8H,5,7,15H2,1H3,(H,16,17). The molecule has 0 aromatic heterocycles. The summed E-state index contributed by atoms with van der Waals surface area (Å²) in [6.45, 7) is 1.30. The van der Waals surface area contributed by atoms with Crippen molar-refractivity contribution >= 4 is 5.91 Å². The number of benzene rings is 1. The van der Waals surface area contributed by atoms with Crippen LogP contribution in [0.5, 0.6) is 5.75 Å². The highest BCUT2D eigenvalue weighted by atomic mass is 19.1. The van der Waals surface area contributed by atoms with Gasteiger partial charge in [-0.1, -0.05) is 6.07 Å². The molecule has 0 bridgehead atoms. The Bertz CT molecular complexity index is 469. The lowest BCUT2D eigenvalue weighted by Crippen LogP contribution is -2.29. The molecule has 0 radical (unpaired) electrons. The van der Waals surface area contributed by atoms with Crippen LogP contribution in [-0.2, 0) is 4.79 Å². The fourth-order valence-corrected chi connectivity index (χ4v) is 1.25. The number of halogens is 1. The van der Waals surface area contributed by atoms with Crippen molar-refractivity contribution < 1.29 is 13.9 Å². The molecule has 1 rings (SSSR count). The van der Waals surface area contributed by atoms with Crippen molar-refractivity contribution in [3.05, 3.63) is 29.6 Å². The largest absolute Gasteiger partial charge is 0.481 e. The quantitative estimate of drug-likeness (QED) is 0.760. The first-order chi connectivity index (χ1) is 8.54. The molecule has 1 unspecified atom stereocenters. The second-order valence-electron chi connectivity index (χ2n) is 3.70. The number of nitrogens with one attached hydrogen (secondary N) is 1. The molecule has 0 aliphatic heterocycles. The molecule has 0 spiro atoms. The fraction of sp³-hybridized carbons (Fsp3) is 0.333. The van der Waals surface area contributed by atoms with E-state index in [-0.39, 0.29) is 24.9 Å². The van der Waals surface area contributed by atoms with Gasteiger partial charge < -0.3 is 15.8 Å². The fourth-order valence-electron chi connectivity index (χ4n) is 1.25. The minimum Gasteiger partial charge on any atom is -0.481 e. The van der Waals surface area contributed by atoms with Gasteiger partial charge in [-0.05, 0) is 24.6 Å². The minimum absolute atomic E-state index is 0.0218. The summed E-state index contributed by atoms with van der Waals surface area (Å²) in [5, 5.41) is 10.5. The zero-order valence-corrected chi connectivity index (χ0v) is 9.94. The molecule has 1 atom stereocenters. The van der Waals surface area contributed by atoms with Crippen molar-refractivity contribution in [2.75, 3.05) is 13.2 Å². The van der Waals surface area contributed by atoms with E-state index in [2.05, 4.69) is 5.32 Å². The van der Waals surface area contributed by atoms with Gasteiger partial charge in [-0.25, -0.2) is 4.39 Å². The van der Waals surface area contributed by atoms with Gasteiger partial charge in [0.05, 0.1) is 6.07 Å². The predicted octanol–water partition coefficient (Wildman–Crippen LogP) is 0.864. The topological polar surface area (TPSA) is 88.1 Å². The van der Waals surface area contributed by atoms with E-state index in [0.717, 1.165) is 0 Å². The lowest BCUT2D eigenvalue weighted by Gasteiger charge is -2.10. The number of hydrogen-bond acceptors (Lipinski definition) is 4. The molecular formula is C12H14FN3O2. The Morgan fingerprint density at radius 1 is 1.67 bits per heavy atom. The van der Waals surface area contributed by atoms with Crippen molar-refractivity contribution in [3.63, 3.8) is 0 Å². The summed E-state index contributed by atoms with van der Waals surface area (Å²) in [7, 11) is 0. The van der Waals surface area contributed by atoms with Crippen LogP contribution in [0.15, 0.2) is 18.2 Å². The van der Waals surface area contributed by atoms with E-state index in [0.29, 0.717) is 5.56 Å². The third-order valence-corrected chi connectivity index (χ3v) is 2.21. The predicted molar refractivity (Wildman–Crippen MR) is 63.1 cm³/mol. The Labute approximate surface area is 104 Å². The normalized spacial score (nSPS) is 11.4. The Morgan fingerprint density at radius 3 is 2.94 bits per heavy atom. The van der Waals surface area contributed by atoms with Gasteiger partial charge in [-0.3, -0.25) is 4.79 Å². The van der Waals surface area contributed by atoms with Crippen molar-refractivity contribution in [2.45, 2.75) is 13.0 Å². The molecular weight excluding hydrogens is 237 g/mol. The van der Waals surface area contributed by atoms with Crippen molar-refractivity contribution in [2.24, 2.45) is 5.73 Å². The molecule has 0 aliphatic carbocycles. The number of carbonyl (C=O) groups is 1. The van der Waals surface area contributed by atoms with Crippen LogP contribution in [0, 0.1) is 17.1 Å². The van der Waals surface area contributed by atoms with E-state index in [9.17, 15) is 9.18 Å². The number of hydrogen-bond donors (Lipinski definition) is 2. The Balaban J connectivity index is 2.58. The average Bonchev–Trinajstić information content (AvgIpc) is 2.34. The highest BCUT2D eigenvalue weighted by Gasteiger charge is 2.09. The second-order valence-corrected chi connectivity index (χ2v) is 3.70. The molecule has 1 aromatic carbocycles. The van der Waals surface area contributed by atoms with Gasteiger partial charge in [0.2, 0.25) is 0 Å². The molecule has 1 aromatic rings. The summed E-state index contributed by atoms with van der Waals surface area (Å²) in [5.41, 5.74) is 6.25. The van der Waals surface area contributed by atoms with Gasteiger partial charge in [0.1, 0.15) is 6.54 Å². The molecule has 0 fully saturated rings. The van der Waals surface area contributed by atoms with Crippen molar-refractivity contribution in [1.29, 1.82) is 5.26 Å². The summed E-state index contributed by atoms with van der Waals surface area (Å²) in [6, 6.07) is 5.81. The first kappa shape index (κ1) is 13.9. The Kier molecular flexibility index (Phi) is 5.08. The smallest absolute Gasteiger partial charge is 0.258 e. The Morgan fingerprint density at radius 2 is 2.39 bits per heavy atom. The zero-order chi connectivity index (χ0) is 13.5. The van der Waals surface area contributed by atoms with Crippen LogP contribution >= 0.6 is 0 Å². The molecule has 0 saturated heterocycles. The van der Waals surface area contributed by atoms with Crippen LogP contribution in [-0.4, -0.2) is 19.1 Å².